The molecule has 118 valence electrons. The maximum absolute atomic E-state index is 13.0. The van der Waals surface area contributed by atoms with Gasteiger partial charge in [0.05, 0.1) is 10.6 Å². The fourth-order valence-electron chi connectivity index (χ4n) is 2.06. The van der Waals surface area contributed by atoms with Crippen molar-refractivity contribution in [2.24, 2.45) is 0 Å². The van der Waals surface area contributed by atoms with E-state index in [-0.39, 0.29) is 5.82 Å². The van der Waals surface area contributed by atoms with Crippen molar-refractivity contribution in [3.05, 3.63) is 59.7 Å². The van der Waals surface area contributed by atoms with Gasteiger partial charge in [0.2, 0.25) is 5.13 Å². The Balaban J connectivity index is 1.50. The second-order valence-electron chi connectivity index (χ2n) is 4.83. The minimum Gasteiger partial charge on any atom is -0.313 e. The zero-order valence-electron chi connectivity index (χ0n) is 12.2. The molecular weight excluding hydrogens is 345 g/mol. The van der Waals surface area contributed by atoms with Crippen LogP contribution in [0.2, 0.25) is 0 Å². The van der Waals surface area contributed by atoms with E-state index in [1.807, 2.05) is 23.6 Å². The molecule has 0 saturated carbocycles. The summed E-state index contributed by atoms with van der Waals surface area (Å²) >= 11 is 3.08. The summed E-state index contributed by atoms with van der Waals surface area (Å²) in [6.45, 7) is 0. The lowest BCUT2D eigenvalue weighted by Gasteiger charge is -2.02. The van der Waals surface area contributed by atoms with Crippen LogP contribution < -0.4 is 5.32 Å². The van der Waals surface area contributed by atoms with Gasteiger partial charge in [-0.2, -0.15) is 0 Å². The Morgan fingerprint density at radius 1 is 0.875 bits per heavy atom. The SMILES string of the molecule is Fc1ccc(-c2ccc(Nc3nnc(-c4cccs4)s3)nn2)cc1. The molecule has 4 aromatic rings. The maximum atomic E-state index is 13.0. The van der Waals surface area contributed by atoms with E-state index in [1.165, 1.54) is 23.5 Å². The lowest BCUT2D eigenvalue weighted by Crippen LogP contribution is -1.96. The summed E-state index contributed by atoms with van der Waals surface area (Å²) < 4.78 is 13.0. The van der Waals surface area contributed by atoms with E-state index >= 15 is 0 Å². The minimum atomic E-state index is -0.275. The van der Waals surface area contributed by atoms with Crippen molar-refractivity contribution in [3.8, 4) is 21.1 Å². The normalized spacial score (nSPS) is 10.7. The molecule has 24 heavy (non-hydrogen) atoms. The lowest BCUT2D eigenvalue weighted by atomic mass is 10.1. The van der Waals surface area contributed by atoms with Gasteiger partial charge in [-0.25, -0.2) is 4.39 Å². The summed E-state index contributed by atoms with van der Waals surface area (Å²) in [5.41, 5.74) is 1.49. The van der Waals surface area contributed by atoms with Crippen molar-refractivity contribution in [2.75, 3.05) is 5.32 Å². The fourth-order valence-corrected chi connectivity index (χ4v) is 3.60. The highest BCUT2D eigenvalue weighted by molar-refractivity contribution is 7.22. The second-order valence-corrected chi connectivity index (χ2v) is 6.75. The molecule has 5 nitrogen and oxygen atoms in total. The number of rotatable bonds is 4. The van der Waals surface area contributed by atoms with Crippen molar-refractivity contribution in [1.82, 2.24) is 20.4 Å². The summed E-state index contributed by atoms with van der Waals surface area (Å²) in [6.07, 6.45) is 0. The Hall–Kier alpha value is -2.71. The number of nitrogens with one attached hydrogen (secondary N) is 1. The van der Waals surface area contributed by atoms with Gasteiger partial charge in [-0.1, -0.05) is 17.4 Å². The predicted octanol–water partition coefficient (Wildman–Crippen LogP) is 4.61. The average Bonchev–Trinajstić information content (AvgIpc) is 3.28. The van der Waals surface area contributed by atoms with Crippen LogP contribution in [0.1, 0.15) is 0 Å². The fraction of sp³-hybridized carbons (Fsp3) is 0. The highest BCUT2D eigenvalue weighted by atomic mass is 32.1. The van der Waals surface area contributed by atoms with Gasteiger partial charge in [-0.3, -0.25) is 0 Å². The number of nitrogens with zero attached hydrogens (tertiary/aromatic N) is 4. The third kappa shape index (κ3) is 3.15. The topological polar surface area (TPSA) is 63.6 Å². The Bertz CT molecular complexity index is 934. The molecule has 8 heteroatoms. The molecule has 0 radical (unpaired) electrons. The van der Waals surface area contributed by atoms with E-state index in [9.17, 15) is 4.39 Å². The van der Waals surface area contributed by atoms with Crippen molar-refractivity contribution in [1.29, 1.82) is 0 Å². The molecule has 1 N–H and O–H groups in total. The van der Waals surface area contributed by atoms with Gasteiger partial charge < -0.3 is 5.32 Å². The van der Waals surface area contributed by atoms with E-state index in [2.05, 4.69) is 25.7 Å². The number of anilines is 2. The zero-order chi connectivity index (χ0) is 16.4. The monoisotopic (exact) mass is 355 g/mol. The van der Waals surface area contributed by atoms with Crippen LogP contribution in [0.3, 0.4) is 0 Å². The Morgan fingerprint density at radius 2 is 1.75 bits per heavy atom. The zero-order valence-corrected chi connectivity index (χ0v) is 13.8. The molecule has 0 saturated heterocycles. The number of benzene rings is 1. The first-order valence-corrected chi connectivity index (χ1v) is 8.72. The van der Waals surface area contributed by atoms with Gasteiger partial charge >= 0.3 is 0 Å². The van der Waals surface area contributed by atoms with Crippen LogP contribution in [0.15, 0.2) is 53.9 Å². The molecule has 3 heterocycles. The molecule has 0 aliphatic heterocycles. The van der Waals surface area contributed by atoms with Crippen LogP contribution in [-0.2, 0) is 0 Å². The van der Waals surface area contributed by atoms with Crippen LogP contribution in [0, 0.1) is 5.82 Å². The highest BCUT2D eigenvalue weighted by Crippen LogP contribution is 2.30. The number of aromatic nitrogens is 4. The smallest absolute Gasteiger partial charge is 0.211 e. The van der Waals surface area contributed by atoms with E-state index in [0.717, 1.165) is 15.4 Å². The third-order valence-electron chi connectivity index (χ3n) is 3.20. The summed E-state index contributed by atoms with van der Waals surface area (Å²) in [6, 6.07) is 13.8. The van der Waals surface area contributed by atoms with Gasteiger partial charge in [0.15, 0.2) is 10.8 Å². The standard InChI is InChI=1S/C16H10FN5S2/c17-11-5-3-10(4-6-11)12-7-8-14(20-19-12)18-16-22-21-15(24-16)13-2-1-9-23-13/h1-9H,(H,18,20,22). The molecule has 0 fully saturated rings. The molecule has 0 amide bonds. The first kappa shape index (κ1) is 14.9. The molecule has 0 atom stereocenters. The van der Waals surface area contributed by atoms with Gasteiger partial charge in [0.25, 0.3) is 0 Å². The van der Waals surface area contributed by atoms with Crippen LogP contribution in [0.25, 0.3) is 21.1 Å². The van der Waals surface area contributed by atoms with Crippen LogP contribution in [0.5, 0.6) is 0 Å². The molecule has 0 spiro atoms. The van der Waals surface area contributed by atoms with E-state index in [4.69, 9.17) is 0 Å². The number of hydrogen-bond donors (Lipinski definition) is 1. The molecule has 0 aliphatic carbocycles. The summed E-state index contributed by atoms with van der Waals surface area (Å²) in [4.78, 5) is 1.08. The summed E-state index contributed by atoms with van der Waals surface area (Å²) in [5, 5.41) is 23.2. The van der Waals surface area contributed by atoms with Crippen LogP contribution in [0.4, 0.5) is 15.3 Å². The lowest BCUT2D eigenvalue weighted by molar-refractivity contribution is 0.628. The molecule has 0 unspecified atom stereocenters. The van der Waals surface area contributed by atoms with Crippen molar-refractivity contribution in [2.45, 2.75) is 0 Å². The molecule has 4 rings (SSSR count). The van der Waals surface area contributed by atoms with Gasteiger partial charge in [-0.15, -0.1) is 31.7 Å². The summed E-state index contributed by atoms with van der Waals surface area (Å²) in [7, 11) is 0. The first-order valence-electron chi connectivity index (χ1n) is 7.02. The number of thiophene rings is 1. The largest absolute Gasteiger partial charge is 0.313 e. The molecule has 0 bridgehead atoms. The van der Waals surface area contributed by atoms with Crippen LogP contribution in [-0.4, -0.2) is 20.4 Å². The van der Waals surface area contributed by atoms with E-state index in [1.54, 1.807) is 29.5 Å². The summed E-state index contributed by atoms with van der Waals surface area (Å²) in [5.74, 6) is 0.303. The second kappa shape index (κ2) is 6.42. The average molecular weight is 355 g/mol. The molecule has 1 aromatic carbocycles. The van der Waals surface area contributed by atoms with Gasteiger partial charge in [0, 0.05) is 5.56 Å². The Labute approximate surface area is 144 Å². The van der Waals surface area contributed by atoms with Crippen molar-refractivity contribution in [3.63, 3.8) is 0 Å². The molecule has 0 aliphatic rings. The maximum Gasteiger partial charge on any atom is 0.211 e. The van der Waals surface area contributed by atoms with Gasteiger partial charge in [0.1, 0.15) is 5.82 Å². The van der Waals surface area contributed by atoms with Crippen molar-refractivity contribution >= 4 is 33.6 Å². The third-order valence-corrected chi connectivity index (χ3v) is 5.07. The van der Waals surface area contributed by atoms with Crippen LogP contribution >= 0.6 is 22.7 Å². The van der Waals surface area contributed by atoms with Gasteiger partial charge in [-0.05, 0) is 47.8 Å². The highest BCUT2D eigenvalue weighted by Gasteiger charge is 2.08. The number of hydrogen-bond acceptors (Lipinski definition) is 7. The molecular formula is C16H10FN5S2. The first-order chi connectivity index (χ1) is 11.8. The predicted molar refractivity (Wildman–Crippen MR) is 93.9 cm³/mol. The number of halogens is 1. The van der Waals surface area contributed by atoms with E-state index < -0.39 is 0 Å². The Morgan fingerprint density at radius 3 is 2.46 bits per heavy atom. The quantitative estimate of drug-likeness (QED) is 0.579. The molecule has 3 aromatic heterocycles. The van der Waals surface area contributed by atoms with E-state index in [0.29, 0.717) is 16.6 Å². The van der Waals surface area contributed by atoms with Crippen molar-refractivity contribution < 1.29 is 4.39 Å². The minimum absolute atomic E-state index is 0.275. The Kier molecular flexibility index (Phi) is 3.97.